The molecule has 0 bridgehead atoms. The summed E-state index contributed by atoms with van der Waals surface area (Å²) in [4.78, 5) is 28.3. The van der Waals surface area contributed by atoms with E-state index in [4.69, 9.17) is 14.8 Å². The summed E-state index contributed by atoms with van der Waals surface area (Å²) in [6.07, 6.45) is 13.6. The molecule has 1 aliphatic heterocycles. The number of aromatic nitrogens is 4. The molecule has 54 heavy (non-hydrogen) atoms. The summed E-state index contributed by atoms with van der Waals surface area (Å²) in [7, 11) is 1.97. The summed E-state index contributed by atoms with van der Waals surface area (Å²) in [5, 5.41) is 19.2. The van der Waals surface area contributed by atoms with Gasteiger partial charge in [0.05, 0.1) is 30.0 Å². The third kappa shape index (κ3) is 11.8. The molecule has 0 spiro atoms. The Hall–Kier alpha value is -3.82. The third-order valence-electron chi connectivity index (χ3n) is 9.90. The van der Waals surface area contributed by atoms with Gasteiger partial charge in [0.25, 0.3) is 0 Å². The molecule has 3 aromatic heterocycles. The molecule has 2 aliphatic rings. The molecule has 1 saturated carbocycles. The van der Waals surface area contributed by atoms with E-state index in [-0.39, 0.29) is 6.42 Å². The van der Waals surface area contributed by atoms with Crippen LogP contribution in [0.15, 0.2) is 24.4 Å². The minimum absolute atomic E-state index is 0.0903. The predicted octanol–water partition coefficient (Wildman–Crippen LogP) is 10.1. The summed E-state index contributed by atoms with van der Waals surface area (Å²) in [5.41, 5.74) is 8.91. The van der Waals surface area contributed by atoms with Crippen LogP contribution in [-0.4, -0.2) is 71.9 Å². The zero-order valence-electron chi connectivity index (χ0n) is 35.5. The predicted molar refractivity (Wildman–Crippen MR) is 224 cm³/mol. The molecule has 1 aromatic carbocycles. The van der Waals surface area contributed by atoms with Crippen LogP contribution in [0.1, 0.15) is 134 Å². The van der Waals surface area contributed by atoms with Crippen molar-refractivity contribution >= 4 is 17.0 Å². The van der Waals surface area contributed by atoms with Crippen molar-refractivity contribution in [2.75, 3.05) is 19.7 Å². The molecule has 9 heteroatoms. The first-order chi connectivity index (χ1) is 25.6. The molecule has 0 amide bonds. The summed E-state index contributed by atoms with van der Waals surface area (Å²) >= 11 is 0. The lowest BCUT2D eigenvalue weighted by molar-refractivity contribution is -0.136. The van der Waals surface area contributed by atoms with Crippen molar-refractivity contribution in [3.63, 3.8) is 0 Å². The van der Waals surface area contributed by atoms with Crippen LogP contribution in [0.2, 0.25) is 0 Å². The van der Waals surface area contributed by atoms with Crippen molar-refractivity contribution < 1.29 is 19.7 Å². The van der Waals surface area contributed by atoms with Crippen molar-refractivity contribution in [1.29, 1.82) is 0 Å². The first-order valence-corrected chi connectivity index (χ1v) is 20.4. The average Bonchev–Trinajstić information content (AvgIpc) is 3.46. The fourth-order valence-electron chi connectivity index (χ4n) is 7.65. The maximum absolute atomic E-state index is 11.9. The minimum atomic E-state index is -0.872. The SMILES string of the molecule is CC.CC(C)(C)O.CCCN(CCC)C1CCCCC1.Cc1nccc(-c2cc3c(-c4cc(C)c5c(c4C)CCCO5)c(CC(=O)O)c(C)nc3n2C)n1. The summed E-state index contributed by atoms with van der Waals surface area (Å²) in [6.45, 7) is 25.1. The fourth-order valence-corrected chi connectivity index (χ4v) is 7.65. The number of hydrogen-bond acceptors (Lipinski definition) is 7. The van der Waals surface area contributed by atoms with Crippen molar-refractivity contribution in [1.82, 2.24) is 24.4 Å². The lowest BCUT2D eigenvalue weighted by Crippen LogP contribution is -2.37. The van der Waals surface area contributed by atoms with Crippen LogP contribution in [0.5, 0.6) is 5.75 Å². The van der Waals surface area contributed by atoms with E-state index in [1.54, 1.807) is 27.0 Å². The standard InChI is InChI=1S/C27H28N4O3.C12H25N.C4H10O.C2H6/c1-14-11-19(15(2)18-7-6-10-34-26(14)18)25-20(13-24(32)33)16(3)29-27-21(25)12-23(31(27)5)22-8-9-28-17(4)30-22;1-3-10-13(11-4-2)12-8-6-5-7-9-12;1-4(2,3)5;1-2/h8-9,11-12H,6-7,10,13H2,1-5H3,(H,32,33);12H,3-11H2,1-2H3;5H,1-3H3;1-2H3. The van der Waals surface area contributed by atoms with Gasteiger partial charge in [-0.05, 0) is 152 Å². The molecule has 298 valence electrons. The Morgan fingerprint density at radius 2 is 1.61 bits per heavy atom. The second kappa shape index (κ2) is 20.7. The van der Waals surface area contributed by atoms with Crippen LogP contribution < -0.4 is 4.74 Å². The lowest BCUT2D eigenvalue weighted by atomic mass is 9.86. The number of fused-ring (bicyclic) bond motifs is 2. The number of aliphatic hydroxyl groups is 1. The molecule has 2 N–H and O–H groups in total. The van der Waals surface area contributed by atoms with Gasteiger partial charge in [0, 0.05) is 30.4 Å². The van der Waals surface area contributed by atoms with Gasteiger partial charge >= 0.3 is 5.97 Å². The third-order valence-corrected chi connectivity index (χ3v) is 9.90. The second-order valence-corrected chi connectivity index (χ2v) is 15.6. The van der Waals surface area contributed by atoms with E-state index in [0.29, 0.717) is 5.82 Å². The van der Waals surface area contributed by atoms with Gasteiger partial charge in [-0.15, -0.1) is 0 Å². The fraction of sp³-hybridized carbons (Fsp3) is 0.600. The monoisotopic (exact) mass is 744 g/mol. The Kier molecular flexibility index (Phi) is 17.1. The van der Waals surface area contributed by atoms with Crippen molar-refractivity contribution in [2.45, 2.75) is 152 Å². The van der Waals surface area contributed by atoms with Gasteiger partial charge < -0.3 is 24.4 Å². The molecule has 9 nitrogen and oxygen atoms in total. The zero-order chi connectivity index (χ0) is 40.2. The number of hydrogen-bond donors (Lipinski definition) is 2. The number of aryl methyl sites for hydroxylation is 4. The van der Waals surface area contributed by atoms with E-state index in [9.17, 15) is 9.90 Å². The molecule has 4 heterocycles. The number of pyridine rings is 1. The zero-order valence-corrected chi connectivity index (χ0v) is 35.5. The Bertz CT molecular complexity index is 1810. The minimum Gasteiger partial charge on any atom is -0.493 e. The van der Waals surface area contributed by atoms with Crippen LogP contribution >= 0.6 is 0 Å². The number of aliphatic carboxylic acids is 1. The van der Waals surface area contributed by atoms with Crippen molar-refractivity contribution in [2.24, 2.45) is 7.05 Å². The van der Waals surface area contributed by atoms with Gasteiger partial charge in [-0.1, -0.05) is 47.0 Å². The van der Waals surface area contributed by atoms with Crippen LogP contribution in [0.3, 0.4) is 0 Å². The molecule has 0 radical (unpaired) electrons. The van der Waals surface area contributed by atoms with Crippen LogP contribution in [0.4, 0.5) is 0 Å². The topological polar surface area (TPSA) is 114 Å². The normalized spacial score (nSPS) is 14.2. The molecule has 1 aliphatic carbocycles. The summed E-state index contributed by atoms with van der Waals surface area (Å²) < 4.78 is 8.03. The van der Waals surface area contributed by atoms with Gasteiger partial charge in [-0.25, -0.2) is 15.0 Å². The molecule has 6 rings (SSSR count). The quantitative estimate of drug-likeness (QED) is 0.174. The molecule has 1 fully saturated rings. The van der Waals surface area contributed by atoms with E-state index in [1.807, 2.05) is 45.4 Å². The lowest BCUT2D eigenvalue weighted by Gasteiger charge is -2.33. The van der Waals surface area contributed by atoms with E-state index >= 15 is 0 Å². The van der Waals surface area contributed by atoms with Gasteiger partial charge in [0.15, 0.2) is 0 Å². The molecule has 0 saturated heterocycles. The largest absolute Gasteiger partial charge is 0.493 e. The number of nitrogens with zero attached hydrogens (tertiary/aromatic N) is 5. The number of ether oxygens (including phenoxy) is 1. The molecular weight excluding hydrogens is 675 g/mol. The first kappa shape index (κ1) is 44.6. The van der Waals surface area contributed by atoms with E-state index in [2.05, 4.69) is 54.7 Å². The van der Waals surface area contributed by atoms with E-state index in [0.717, 1.165) is 87.2 Å². The van der Waals surface area contributed by atoms with Gasteiger partial charge in [-0.3, -0.25) is 4.79 Å². The van der Waals surface area contributed by atoms with Crippen LogP contribution in [0.25, 0.3) is 33.5 Å². The van der Waals surface area contributed by atoms with Gasteiger partial charge in [0.1, 0.15) is 17.2 Å². The molecule has 0 unspecified atom stereocenters. The summed E-state index contributed by atoms with van der Waals surface area (Å²) in [6, 6.07) is 7.03. The van der Waals surface area contributed by atoms with Crippen molar-refractivity contribution in [3.05, 3.63) is 58.2 Å². The summed E-state index contributed by atoms with van der Waals surface area (Å²) in [5.74, 6) is 0.795. The van der Waals surface area contributed by atoms with E-state index in [1.165, 1.54) is 63.6 Å². The highest BCUT2D eigenvalue weighted by Gasteiger charge is 2.26. The highest BCUT2D eigenvalue weighted by atomic mass is 16.5. The van der Waals surface area contributed by atoms with Gasteiger partial charge in [-0.2, -0.15) is 0 Å². The molecular formula is C45H69N5O4. The Labute approximate surface area is 325 Å². The van der Waals surface area contributed by atoms with Crippen molar-refractivity contribution in [3.8, 4) is 28.3 Å². The Balaban J connectivity index is 0.000000325. The van der Waals surface area contributed by atoms with E-state index < -0.39 is 11.6 Å². The number of carbonyl (C=O) groups is 1. The Morgan fingerprint density at radius 1 is 0.981 bits per heavy atom. The van der Waals surface area contributed by atoms with Crippen LogP contribution in [-0.2, 0) is 24.7 Å². The maximum Gasteiger partial charge on any atom is 0.307 e. The number of rotatable bonds is 9. The number of carboxylic acids is 1. The second-order valence-electron chi connectivity index (χ2n) is 15.6. The molecule has 4 aromatic rings. The Morgan fingerprint density at radius 3 is 2.19 bits per heavy atom. The first-order valence-electron chi connectivity index (χ1n) is 20.4. The highest BCUT2D eigenvalue weighted by molar-refractivity contribution is 6.00. The highest BCUT2D eigenvalue weighted by Crippen LogP contribution is 2.43. The average molecular weight is 744 g/mol. The smallest absolute Gasteiger partial charge is 0.307 e. The number of carboxylic acid groups (broad SMARTS) is 1. The molecule has 0 atom stereocenters. The maximum atomic E-state index is 11.9. The number of benzene rings is 1. The van der Waals surface area contributed by atoms with Crippen LogP contribution in [0, 0.1) is 27.7 Å². The van der Waals surface area contributed by atoms with Gasteiger partial charge in [0.2, 0.25) is 0 Å².